The Labute approximate surface area is 231 Å². The van der Waals surface area contributed by atoms with Crippen LogP contribution in [0.1, 0.15) is 59.6 Å². The van der Waals surface area contributed by atoms with Crippen LogP contribution in [0, 0.1) is 6.92 Å². The molecule has 39 heavy (non-hydrogen) atoms. The summed E-state index contributed by atoms with van der Waals surface area (Å²) in [6.07, 6.45) is 3.38. The zero-order valence-electron chi connectivity index (χ0n) is 23.8. The van der Waals surface area contributed by atoms with Crippen LogP contribution in [0.2, 0.25) is 0 Å². The molecule has 0 atom stereocenters. The van der Waals surface area contributed by atoms with Gasteiger partial charge in [0.1, 0.15) is 33.6 Å². The van der Waals surface area contributed by atoms with Gasteiger partial charge in [0.05, 0.1) is 5.39 Å². The van der Waals surface area contributed by atoms with Gasteiger partial charge in [0, 0.05) is 18.2 Å². The Morgan fingerprint density at radius 2 is 1.72 bits per heavy atom. The molecule has 11 heteroatoms. The number of nitrogens with zero attached hydrogens (tertiary/aromatic N) is 5. The van der Waals surface area contributed by atoms with Gasteiger partial charge in [0.2, 0.25) is 0 Å². The minimum Gasteiger partial charge on any atom is -0.458 e. The number of aliphatic hydroxyl groups is 1. The van der Waals surface area contributed by atoms with Crippen molar-refractivity contribution in [3.63, 3.8) is 0 Å². The summed E-state index contributed by atoms with van der Waals surface area (Å²) in [4.78, 5) is 45.3. The summed E-state index contributed by atoms with van der Waals surface area (Å²) in [5.74, 6) is -0.650. The van der Waals surface area contributed by atoms with Crippen molar-refractivity contribution in [1.29, 1.82) is 0 Å². The molecule has 4 rings (SSSR count). The Hall–Kier alpha value is -3.57. The molecule has 0 aliphatic heterocycles. The van der Waals surface area contributed by atoms with Crippen molar-refractivity contribution in [2.24, 2.45) is 0 Å². The highest BCUT2D eigenvalue weighted by molar-refractivity contribution is 7.21. The number of rotatable bonds is 6. The zero-order chi connectivity index (χ0) is 29.1. The lowest BCUT2D eigenvalue weighted by Gasteiger charge is -2.30. The van der Waals surface area contributed by atoms with Gasteiger partial charge in [-0.3, -0.25) is 9.36 Å². The average molecular weight is 556 g/mol. The van der Waals surface area contributed by atoms with Crippen LogP contribution < -0.4 is 11.2 Å². The number of aromatic nitrogens is 5. The van der Waals surface area contributed by atoms with E-state index in [0.29, 0.717) is 33.7 Å². The Kier molecular flexibility index (Phi) is 8.97. The van der Waals surface area contributed by atoms with Crippen LogP contribution in [0.3, 0.4) is 0 Å². The van der Waals surface area contributed by atoms with E-state index in [9.17, 15) is 14.4 Å². The quantitative estimate of drug-likeness (QED) is 0.359. The van der Waals surface area contributed by atoms with Gasteiger partial charge < -0.3 is 9.84 Å². The number of hydrogen-bond acceptors (Lipinski definition) is 8. The summed E-state index contributed by atoms with van der Waals surface area (Å²) in [6, 6.07) is 9.80. The van der Waals surface area contributed by atoms with E-state index in [4.69, 9.17) is 9.84 Å². The number of ether oxygens (including phenoxy) is 1. The van der Waals surface area contributed by atoms with Crippen molar-refractivity contribution in [3.8, 4) is 5.00 Å². The molecule has 1 aromatic carbocycles. The van der Waals surface area contributed by atoms with Crippen LogP contribution in [0.4, 0.5) is 0 Å². The average Bonchev–Trinajstić information content (AvgIpc) is 3.46. The van der Waals surface area contributed by atoms with E-state index in [1.165, 1.54) is 31.5 Å². The first-order chi connectivity index (χ1) is 18.1. The summed E-state index contributed by atoms with van der Waals surface area (Å²) in [6.45, 7) is 13.9. The van der Waals surface area contributed by atoms with Crippen LogP contribution in [-0.4, -0.2) is 46.7 Å². The van der Waals surface area contributed by atoms with Crippen molar-refractivity contribution in [1.82, 2.24) is 23.9 Å². The molecule has 3 heterocycles. The highest BCUT2D eigenvalue weighted by Crippen LogP contribution is 2.31. The molecule has 0 radical (unpaired) electrons. The van der Waals surface area contributed by atoms with Crippen LogP contribution in [0.15, 0.2) is 52.6 Å². The molecular formula is C28H37N5O5S. The van der Waals surface area contributed by atoms with Crippen LogP contribution >= 0.6 is 11.3 Å². The molecular weight excluding hydrogens is 518 g/mol. The Bertz CT molecular complexity index is 1540. The maximum atomic E-state index is 13.8. The second kappa shape index (κ2) is 11.7. The summed E-state index contributed by atoms with van der Waals surface area (Å²) in [7, 11) is 0. The fraction of sp³-hybridized carbons (Fsp3) is 0.464. The molecule has 0 aliphatic rings. The number of carbonyl (C=O) groups excluding carboxylic acids is 1. The molecule has 0 spiro atoms. The van der Waals surface area contributed by atoms with E-state index < -0.39 is 28.4 Å². The maximum Gasteiger partial charge on any atom is 0.333 e. The Morgan fingerprint density at radius 1 is 1.10 bits per heavy atom. The van der Waals surface area contributed by atoms with Gasteiger partial charge in [-0.2, -0.15) is 5.10 Å². The standard InChI is InChI=1S/C25H29N5O4S.C3H8O/c1-16-18-19(31)30(25(5,6)22(32)34-24(2,3)4)23(33)28(13-12-17-10-8-7-9-11-17)21(18)35-20(16)29-15-26-14-27-29;1-3(2)4/h7-11,14-15H,12-13H2,1-6H3;3-4H,1-2H3. The predicted octanol–water partition coefficient (Wildman–Crippen LogP) is 3.82. The topological polar surface area (TPSA) is 121 Å². The van der Waals surface area contributed by atoms with E-state index in [1.54, 1.807) is 50.2 Å². The fourth-order valence-electron chi connectivity index (χ4n) is 3.94. The van der Waals surface area contributed by atoms with Crippen molar-refractivity contribution in [2.75, 3.05) is 0 Å². The van der Waals surface area contributed by atoms with Gasteiger partial charge in [0.25, 0.3) is 5.56 Å². The molecule has 210 valence electrons. The summed E-state index contributed by atoms with van der Waals surface area (Å²) >= 11 is 1.30. The SMILES string of the molecule is CC(C)O.Cc1c(-n2cncn2)sc2c1c(=O)n(C(C)(C)C(=O)OC(C)(C)C)c(=O)n2CCc1ccccc1. The molecule has 3 aromatic heterocycles. The highest BCUT2D eigenvalue weighted by Gasteiger charge is 2.38. The third-order valence-electron chi connectivity index (χ3n) is 5.74. The van der Waals surface area contributed by atoms with Crippen molar-refractivity contribution in [2.45, 2.75) is 85.6 Å². The van der Waals surface area contributed by atoms with Crippen LogP contribution in [0.25, 0.3) is 15.2 Å². The largest absolute Gasteiger partial charge is 0.458 e. The minimum absolute atomic E-state index is 0.167. The molecule has 4 aromatic rings. The molecule has 0 fully saturated rings. The summed E-state index contributed by atoms with van der Waals surface area (Å²) in [5.41, 5.74) is -1.65. The number of benzene rings is 1. The lowest BCUT2D eigenvalue weighted by Crippen LogP contribution is -2.54. The number of fused-ring (bicyclic) bond motifs is 1. The molecule has 0 amide bonds. The maximum absolute atomic E-state index is 13.8. The third kappa shape index (κ3) is 6.72. The fourth-order valence-corrected chi connectivity index (χ4v) is 5.18. The first-order valence-electron chi connectivity index (χ1n) is 12.7. The minimum atomic E-state index is -1.52. The monoisotopic (exact) mass is 555 g/mol. The van der Waals surface area contributed by atoms with Crippen molar-refractivity contribution in [3.05, 3.63) is 75.0 Å². The van der Waals surface area contributed by atoms with E-state index in [2.05, 4.69) is 10.1 Å². The lowest BCUT2D eigenvalue weighted by atomic mass is 10.0. The number of aryl methyl sites for hydroxylation is 3. The first kappa shape index (κ1) is 30.0. The molecule has 10 nitrogen and oxygen atoms in total. The van der Waals surface area contributed by atoms with E-state index >= 15 is 0 Å². The van der Waals surface area contributed by atoms with Gasteiger partial charge >= 0.3 is 11.7 Å². The molecule has 0 aliphatic carbocycles. The van der Waals surface area contributed by atoms with Crippen molar-refractivity contribution < 1.29 is 14.6 Å². The smallest absolute Gasteiger partial charge is 0.333 e. The summed E-state index contributed by atoms with van der Waals surface area (Å²) in [5, 5.41) is 13.3. The highest BCUT2D eigenvalue weighted by atomic mass is 32.1. The van der Waals surface area contributed by atoms with Crippen LogP contribution in [0.5, 0.6) is 0 Å². The third-order valence-corrected chi connectivity index (χ3v) is 7.04. The van der Waals surface area contributed by atoms with E-state index in [1.807, 2.05) is 37.3 Å². The van der Waals surface area contributed by atoms with E-state index in [0.717, 1.165) is 10.1 Å². The molecule has 0 saturated carbocycles. The van der Waals surface area contributed by atoms with Gasteiger partial charge in [-0.15, -0.1) is 0 Å². The summed E-state index contributed by atoms with van der Waals surface area (Å²) < 4.78 is 9.76. The van der Waals surface area contributed by atoms with Gasteiger partial charge in [0.15, 0.2) is 0 Å². The first-order valence-corrected chi connectivity index (χ1v) is 13.6. The van der Waals surface area contributed by atoms with Crippen LogP contribution in [-0.2, 0) is 28.0 Å². The molecule has 0 bridgehead atoms. The lowest BCUT2D eigenvalue weighted by molar-refractivity contribution is -0.164. The van der Waals surface area contributed by atoms with Gasteiger partial charge in [-0.25, -0.2) is 23.8 Å². The number of hydrogen-bond donors (Lipinski definition) is 1. The zero-order valence-corrected chi connectivity index (χ0v) is 24.6. The number of esters is 1. The number of aliphatic hydroxyl groups excluding tert-OH is 1. The molecule has 0 saturated heterocycles. The predicted molar refractivity (Wildman–Crippen MR) is 153 cm³/mol. The number of carbonyl (C=O) groups is 1. The number of thiophene rings is 1. The van der Waals surface area contributed by atoms with Gasteiger partial charge in [-0.05, 0) is 67.4 Å². The Balaban J connectivity index is 0.000000983. The normalized spacial score (nSPS) is 11.9. The van der Waals surface area contributed by atoms with E-state index in [-0.39, 0.29) is 6.10 Å². The second-order valence-corrected chi connectivity index (χ2v) is 12.0. The molecule has 0 unspecified atom stereocenters. The van der Waals surface area contributed by atoms with Gasteiger partial charge in [-0.1, -0.05) is 41.7 Å². The molecule has 1 N–H and O–H groups in total. The Morgan fingerprint density at radius 3 is 2.26 bits per heavy atom. The second-order valence-electron chi connectivity index (χ2n) is 11.0. The van der Waals surface area contributed by atoms with Crippen molar-refractivity contribution >= 4 is 27.5 Å².